The number of rotatable bonds is 5. The van der Waals surface area contributed by atoms with E-state index in [0.717, 1.165) is 55.2 Å². The summed E-state index contributed by atoms with van der Waals surface area (Å²) in [5.41, 5.74) is 2.61. The van der Waals surface area contributed by atoms with Gasteiger partial charge in [0, 0.05) is 17.1 Å². The summed E-state index contributed by atoms with van der Waals surface area (Å²) in [4.78, 5) is 32.8. The second-order valence-electron chi connectivity index (χ2n) is 6.40. The number of carbonyl (C=O) groups is 2. The second-order valence-corrected chi connectivity index (χ2v) is 8.35. The Labute approximate surface area is 160 Å². The lowest BCUT2D eigenvalue weighted by molar-refractivity contribution is -0.115. The summed E-state index contributed by atoms with van der Waals surface area (Å²) in [7, 11) is 0. The van der Waals surface area contributed by atoms with E-state index < -0.39 is 0 Å². The van der Waals surface area contributed by atoms with Crippen LogP contribution in [0, 0.1) is 0 Å². The van der Waals surface area contributed by atoms with Crippen molar-refractivity contribution in [3.63, 3.8) is 0 Å². The molecule has 0 unspecified atom stereocenters. The van der Waals surface area contributed by atoms with Gasteiger partial charge in [-0.15, -0.1) is 11.3 Å². The van der Waals surface area contributed by atoms with Crippen LogP contribution in [0.1, 0.15) is 47.0 Å². The lowest BCUT2D eigenvalue weighted by Crippen LogP contribution is -2.24. The minimum atomic E-state index is -0.327. The van der Waals surface area contributed by atoms with Crippen LogP contribution in [0.15, 0.2) is 16.1 Å². The van der Waals surface area contributed by atoms with E-state index in [1.165, 1.54) is 16.2 Å². The van der Waals surface area contributed by atoms with Crippen LogP contribution in [0.5, 0.6) is 0 Å². The normalized spacial score (nSPS) is 18.1. The Morgan fingerprint density at radius 2 is 2.19 bits per heavy atom. The molecule has 3 heterocycles. The van der Waals surface area contributed by atoms with Crippen LogP contribution in [0.2, 0.25) is 0 Å². The van der Waals surface area contributed by atoms with Crippen molar-refractivity contribution in [2.24, 2.45) is 4.99 Å². The van der Waals surface area contributed by atoms with Crippen LogP contribution >= 0.6 is 23.1 Å². The number of hydrogen-bond donors (Lipinski definition) is 1. The van der Waals surface area contributed by atoms with Gasteiger partial charge >= 0.3 is 5.97 Å². The molecule has 26 heavy (non-hydrogen) atoms. The van der Waals surface area contributed by atoms with Gasteiger partial charge in [-0.25, -0.2) is 4.79 Å². The Balaban J connectivity index is 1.52. The van der Waals surface area contributed by atoms with Crippen molar-refractivity contribution in [3.8, 4) is 0 Å². The molecule has 138 valence electrons. The Kier molecular flexibility index (Phi) is 5.04. The molecular formula is C18H21N3O3S2. The van der Waals surface area contributed by atoms with Gasteiger partial charge in [0.2, 0.25) is 5.91 Å². The van der Waals surface area contributed by atoms with E-state index in [-0.39, 0.29) is 18.3 Å². The van der Waals surface area contributed by atoms with Crippen molar-refractivity contribution in [1.29, 1.82) is 0 Å². The first-order chi connectivity index (χ1) is 12.7. The van der Waals surface area contributed by atoms with Gasteiger partial charge in [0.25, 0.3) is 0 Å². The molecule has 1 aromatic heterocycles. The highest BCUT2D eigenvalue weighted by atomic mass is 32.2. The smallest absolute Gasteiger partial charge is 0.341 e. The van der Waals surface area contributed by atoms with Crippen molar-refractivity contribution in [1.82, 2.24) is 4.90 Å². The summed E-state index contributed by atoms with van der Waals surface area (Å²) in [6.07, 6.45) is 4.34. The molecule has 1 aromatic rings. The van der Waals surface area contributed by atoms with Crippen LogP contribution in [-0.2, 0) is 22.4 Å². The molecule has 3 aliphatic rings. The Hall–Kier alpha value is -1.80. The van der Waals surface area contributed by atoms with Crippen molar-refractivity contribution >= 4 is 45.1 Å². The fourth-order valence-corrected chi connectivity index (χ4v) is 5.77. The lowest BCUT2D eigenvalue weighted by Gasteiger charge is -2.16. The molecule has 0 aromatic carbocycles. The standard InChI is InChI=1S/C18H21N3O3S2/c1-2-24-17(23)15-12-5-3-4-6-13(12)26-16(15)20-14(22)9-11-10-25-18-19-7-8-21(11)18/h10H,2-9H2,1H3,(H,20,22). The van der Waals surface area contributed by atoms with E-state index in [1.807, 2.05) is 5.41 Å². The van der Waals surface area contributed by atoms with Crippen molar-refractivity contribution in [3.05, 3.63) is 27.1 Å². The predicted octanol–water partition coefficient (Wildman–Crippen LogP) is 3.39. The molecule has 0 bridgehead atoms. The number of hydrogen-bond acceptors (Lipinski definition) is 7. The highest BCUT2D eigenvalue weighted by molar-refractivity contribution is 8.16. The molecule has 1 amide bonds. The Morgan fingerprint density at radius 3 is 3.04 bits per heavy atom. The van der Waals surface area contributed by atoms with E-state index in [2.05, 4.69) is 15.2 Å². The van der Waals surface area contributed by atoms with Crippen molar-refractivity contribution in [2.45, 2.75) is 39.0 Å². The van der Waals surface area contributed by atoms with E-state index >= 15 is 0 Å². The molecule has 1 N–H and O–H groups in total. The third-order valence-corrected chi connectivity index (χ3v) is 6.85. The average Bonchev–Trinajstić information content (AvgIpc) is 3.30. The number of aliphatic imine (C=N–C) groups is 1. The highest BCUT2D eigenvalue weighted by Gasteiger charge is 2.30. The number of esters is 1. The summed E-state index contributed by atoms with van der Waals surface area (Å²) in [6, 6.07) is 0. The van der Waals surface area contributed by atoms with E-state index in [0.29, 0.717) is 17.2 Å². The molecule has 2 aliphatic heterocycles. The molecular weight excluding hydrogens is 370 g/mol. The third kappa shape index (κ3) is 3.27. The molecule has 8 heteroatoms. The maximum Gasteiger partial charge on any atom is 0.341 e. The maximum atomic E-state index is 12.6. The number of amidine groups is 1. The second kappa shape index (κ2) is 7.44. The van der Waals surface area contributed by atoms with Crippen molar-refractivity contribution in [2.75, 3.05) is 25.0 Å². The van der Waals surface area contributed by atoms with Crippen molar-refractivity contribution < 1.29 is 14.3 Å². The number of thioether (sulfide) groups is 1. The number of anilines is 1. The SMILES string of the molecule is CCOC(=O)c1c(NC(=O)CC2=CSC3=NCCN23)sc2c1CCCC2. The number of carbonyl (C=O) groups excluding carboxylic acids is 2. The highest BCUT2D eigenvalue weighted by Crippen LogP contribution is 2.39. The molecule has 6 nitrogen and oxygen atoms in total. The molecule has 0 atom stereocenters. The number of amides is 1. The number of nitrogens with zero attached hydrogens (tertiary/aromatic N) is 2. The maximum absolute atomic E-state index is 12.6. The minimum Gasteiger partial charge on any atom is -0.462 e. The monoisotopic (exact) mass is 391 g/mol. The van der Waals surface area contributed by atoms with Gasteiger partial charge in [-0.2, -0.15) is 0 Å². The van der Waals surface area contributed by atoms with Gasteiger partial charge in [-0.3, -0.25) is 9.79 Å². The number of aryl methyl sites for hydroxylation is 1. The largest absolute Gasteiger partial charge is 0.462 e. The summed E-state index contributed by atoms with van der Waals surface area (Å²) in [6.45, 7) is 3.75. The summed E-state index contributed by atoms with van der Waals surface area (Å²) >= 11 is 3.10. The quantitative estimate of drug-likeness (QED) is 0.779. The summed E-state index contributed by atoms with van der Waals surface area (Å²) < 4.78 is 5.24. The summed E-state index contributed by atoms with van der Waals surface area (Å²) in [5, 5.41) is 6.58. The fraction of sp³-hybridized carbons (Fsp3) is 0.500. The Morgan fingerprint density at radius 1 is 1.35 bits per heavy atom. The van der Waals surface area contributed by atoms with Gasteiger partial charge in [-0.05, 0) is 43.6 Å². The van der Waals surface area contributed by atoms with Crippen LogP contribution in [0.3, 0.4) is 0 Å². The zero-order chi connectivity index (χ0) is 18.1. The average molecular weight is 392 g/mol. The number of fused-ring (bicyclic) bond motifs is 2. The molecule has 4 rings (SSSR count). The first-order valence-electron chi connectivity index (χ1n) is 8.96. The van der Waals surface area contributed by atoms with Gasteiger partial charge in [0.1, 0.15) is 5.00 Å². The van der Waals surface area contributed by atoms with E-state index in [1.54, 1.807) is 18.7 Å². The zero-order valence-corrected chi connectivity index (χ0v) is 16.3. The molecule has 0 spiro atoms. The number of ether oxygens (including phenoxy) is 1. The minimum absolute atomic E-state index is 0.103. The fourth-order valence-electron chi connectivity index (χ4n) is 3.52. The van der Waals surface area contributed by atoms with Gasteiger partial charge in [-0.1, -0.05) is 11.8 Å². The van der Waals surface area contributed by atoms with Gasteiger partial charge < -0.3 is 15.0 Å². The first kappa shape index (κ1) is 17.6. The van der Waals surface area contributed by atoms with Gasteiger partial charge in [0.05, 0.1) is 25.1 Å². The van der Waals surface area contributed by atoms with Crippen LogP contribution in [0.4, 0.5) is 5.00 Å². The molecule has 0 fully saturated rings. The summed E-state index contributed by atoms with van der Waals surface area (Å²) in [5.74, 6) is -0.430. The van der Waals surface area contributed by atoms with E-state index in [9.17, 15) is 9.59 Å². The van der Waals surface area contributed by atoms with Crippen LogP contribution in [-0.4, -0.2) is 41.6 Å². The van der Waals surface area contributed by atoms with Gasteiger partial charge in [0.15, 0.2) is 5.17 Å². The molecule has 1 aliphatic carbocycles. The lowest BCUT2D eigenvalue weighted by atomic mass is 9.95. The molecule has 0 radical (unpaired) electrons. The topological polar surface area (TPSA) is 71.0 Å². The Bertz CT molecular complexity index is 813. The zero-order valence-electron chi connectivity index (χ0n) is 14.7. The number of nitrogens with one attached hydrogen (secondary N) is 1. The van der Waals surface area contributed by atoms with E-state index in [4.69, 9.17) is 4.74 Å². The molecule has 0 saturated carbocycles. The number of thiophene rings is 1. The third-order valence-electron chi connectivity index (χ3n) is 4.69. The van der Waals surface area contributed by atoms with Crippen LogP contribution in [0.25, 0.3) is 0 Å². The predicted molar refractivity (Wildman–Crippen MR) is 105 cm³/mol. The van der Waals surface area contributed by atoms with Crippen LogP contribution < -0.4 is 5.32 Å². The molecule has 0 saturated heterocycles. The first-order valence-corrected chi connectivity index (χ1v) is 10.7.